The van der Waals surface area contributed by atoms with Gasteiger partial charge in [0.1, 0.15) is 0 Å². The van der Waals surface area contributed by atoms with Crippen LogP contribution in [0.15, 0.2) is 0 Å². The summed E-state index contributed by atoms with van der Waals surface area (Å²) >= 11 is 0. The van der Waals surface area contributed by atoms with Gasteiger partial charge >= 0.3 is 0 Å². The number of hydrogen-bond donors (Lipinski definition) is 2. The van der Waals surface area contributed by atoms with Crippen molar-refractivity contribution in [2.24, 2.45) is 5.73 Å². The number of hydrogen-bond acceptors (Lipinski definition) is 3. The van der Waals surface area contributed by atoms with Crippen LogP contribution in [0.3, 0.4) is 0 Å². The van der Waals surface area contributed by atoms with Crippen molar-refractivity contribution in [2.75, 3.05) is 6.54 Å². The van der Waals surface area contributed by atoms with Gasteiger partial charge in [-0.25, -0.2) is 13.1 Å². The lowest BCUT2D eigenvalue weighted by Crippen LogP contribution is -2.42. The van der Waals surface area contributed by atoms with Crippen LogP contribution in [0.2, 0.25) is 0 Å². The molecule has 0 bridgehead atoms. The minimum Gasteiger partial charge on any atom is -0.330 e. The van der Waals surface area contributed by atoms with Crippen molar-refractivity contribution in [3.63, 3.8) is 0 Å². The Kier molecular flexibility index (Phi) is 5.72. The molecule has 1 aliphatic rings. The molecule has 0 spiro atoms. The van der Waals surface area contributed by atoms with Crippen LogP contribution in [0.4, 0.5) is 0 Å². The van der Waals surface area contributed by atoms with Crippen LogP contribution in [0.1, 0.15) is 51.9 Å². The third-order valence-corrected chi connectivity index (χ3v) is 5.34. The standard InChI is InChI=1S/C11H24N2O2S/c1-2-10(8-9-12)13-16(14,15)11-6-4-3-5-7-11/h10-11,13H,2-9,12H2,1H3. The van der Waals surface area contributed by atoms with E-state index in [0.717, 1.165) is 38.5 Å². The third-order valence-electron chi connectivity index (χ3n) is 3.33. The van der Waals surface area contributed by atoms with E-state index >= 15 is 0 Å². The van der Waals surface area contributed by atoms with Crippen LogP contribution in [-0.4, -0.2) is 26.3 Å². The highest BCUT2D eigenvalue weighted by molar-refractivity contribution is 7.90. The van der Waals surface area contributed by atoms with Crippen molar-refractivity contribution in [2.45, 2.75) is 63.2 Å². The van der Waals surface area contributed by atoms with Crippen molar-refractivity contribution >= 4 is 10.0 Å². The number of nitrogens with one attached hydrogen (secondary N) is 1. The average molecular weight is 248 g/mol. The Morgan fingerprint density at radius 3 is 2.44 bits per heavy atom. The van der Waals surface area contributed by atoms with Crippen molar-refractivity contribution < 1.29 is 8.42 Å². The van der Waals surface area contributed by atoms with Crippen LogP contribution < -0.4 is 10.5 Å². The molecule has 0 amide bonds. The van der Waals surface area contributed by atoms with E-state index in [4.69, 9.17) is 5.73 Å². The lowest BCUT2D eigenvalue weighted by Gasteiger charge is -2.25. The molecule has 0 aromatic rings. The summed E-state index contributed by atoms with van der Waals surface area (Å²) in [6.07, 6.45) is 6.42. The summed E-state index contributed by atoms with van der Waals surface area (Å²) in [5, 5.41) is -0.173. The van der Waals surface area contributed by atoms with Gasteiger partial charge in [-0.15, -0.1) is 0 Å². The molecule has 1 unspecified atom stereocenters. The van der Waals surface area contributed by atoms with Gasteiger partial charge in [-0.1, -0.05) is 26.2 Å². The Bertz CT molecular complexity index is 284. The second-order valence-corrected chi connectivity index (χ2v) is 6.60. The van der Waals surface area contributed by atoms with Crippen LogP contribution in [0.5, 0.6) is 0 Å². The highest BCUT2D eigenvalue weighted by Crippen LogP contribution is 2.23. The Hall–Kier alpha value is -0.130. The molecule has 0 aromatic carbocycles. The lowest BCUT2D eigenvalue weighted by atomic mass is 10.0. The molecule has 1 atom stereocenters. The van der Waals surface area contributed by atoms with Gasteiger partial charge in [-0.3, -0.25) is 0 Å². The van der Waals surface area contributed by atoms with E-state index in [9.17, 15) is 8.42 Å². The van der Waals surface area contributed by atoms with Crippen LogP contribution in [-0.2, 0) is 10.0 Å². The smallest absolute Gasteiger partial charge is 0.214 e. The van der Waals surface area contributed by atoms with Crippen molar-refractivity contribution in [1.29, 1.82) is 0 Å². The summed E-state index contributed by atoms with van der Waals surface area (Å²) in [4.78, 5) is 0. The maximum absolute atomic E-state index is 12.1. The fraction of sp³-hybridized carbons (Fsp3) is 1.00. The SMILES string of the molecule is CCC(CCN)NS(=O)(=O)C1CCCCC1. The fourth-order valence-corrected chi connectivity index (χ4v) is 4.15. The quantitative estimate of drug-likeness (QED) is 0.745. The van der Waals surface area contributed by atoms with Gasteiger partial charge < -0.3 is 5.73 Å². The summed E-state index contributed by atoms with van der Waals surface area (Å²) in [6, 6.07) is 0.0110. The molecular weight excluding hydrogens is 224 g/mol. The van der Waals surface area contributed by atoms with Gasteiger partial charge in [0.2, 0.25) is 10.0 Å². The predicted octanol–water partition coefficient (Wildman–Crippen LogP) is 1.37. The van der Waals surface area contributed by atoms with E-state index in [-0.39, 0.29) is 11.3 Å². The zero-order valence-electron chi connectivity index (χ0n) is 10.1. The van der Waals surface area contributed by atoms with Gasteiger partial charge in [0.25, 0.3) is 0 Å². The molecule has 1 fully saturated rings. The Balaban J connectivity index is 2.54. The van der Waals surface area contributed by atoms with Crippen LogP contribution in [0, 0.1) is 0 Å². The largest absolute Gasteiger partial charge is 0.330 e. The second kappa shape index (κ2) is 6.57. The summed E-state index contributed by atoms with van der Waals surface area (Å²) in [6.45, 7) is 2.52. The monoisotopic (exact) mass is 248 g/mol. The second-order valence-electron chi connectivity index (χ2n) is 4.61. The van der Waals surface area contributed by atoms with Crippen molar-refractivity contribution in [3.05, 3.63) is 0 Å². The van der Waals surface area contributed by atoms with Crippen molar-refractivity contribution in [1.82, 2.24) is 4.72 Å². The molecule has 4 nitrogen and oxygen atoms in total. The first kappa shape index (κ1) is 13.9. The third kappa shape index (κ3) is 4.03. The Labute approximate surface area is 99.0 Å². The normalized spacial score (nSPS) is 20.9. The molecule has 0 saturated heterocycles. The van der Waals surface area contributed by atoms with E-state index in [1.165, 1.54) is 6.42 Å². The fourth-order valence-electron chi connectivity index (χ4n) is 2.25. The van der Waals surface area contributed by atoms with Crippen LogP contribution in [0.25, 0.3) is 0 Å². The minimum atomic E-state index is -3.12. The van der Waals surface area contributed by atoms with Gasteiger partial charge in [0, 0.05) is 6.04 Å². The maximum Gasteiger partial charge on any atom is 0.214 e. The first-order valence-electron chi connectivity index (χ1n) is 6.31. The van der Waals surface area contributed by atoms with E-state index in [0.29, 0.717) is 6.54 Å². The highest BCUT2D eigenvalue weighted by Gasteiger charge is 2.28. The van der Waals surface area contributed by atoms with E-state index in [1.807, 2.05) is 6.92 Å². The molecule has 1 saturated carbocycles. The molecule has 1 rings (SSSR count). The van der Waals surface area contributed by atoms with Gasteiger partial charge in [0.05, 0.1) is 5.25 Å². The summed E-state index contributed by atoms with van der Waals surface area (Å²) in [7, 11) is -3.12. The first-order valence-corrected chi connectivity index (χ1v) is 7.86. The Morgan fingerprint density at radius 2 is 1.94 bits per heavy atom. The topological polar surface area (TPSA) is 72.2 Å². The van der Waals surface area contributed by atoms with Crippen LogP contribution >= 0.6 is 0 Å². The molecule has 16 heavy (non-hydrogen) atoms. The summed E-state index contributed by atoms with van der Waals surface area (Å²) < 4.78 is 27.0. The minimum absolute atomic E-state index is 0.0110. The molecule has 0 aliphatic heterocycles. The molecule has 3 N–H and O–H groups in total. The number of nitrogens with two attached hydrogens (primary N) is 1. The van der Waals surface area contributed by atoms with Gasteiger partial charge in [-0.05, 0) is 32.2 Å². The van der Waals surface area contributed by atoms with Gasteiger partial charge in [-0.2, -0.15) is 0 Å². The molecule has 0 aromatic heterocycles. The van der Waals surface area contributed by atoms with E-state index in [1.54, 1.807) is 0 Å². The molecule has 1 aliphatic carbocycles. The number of rotatable bonds is 6. The predicted molar refractivity (Wildman–Crippen MR) is 66.7 cm³/mol. The summed E-state index contributed by atoms with van der Waals surface area (Å²) in [5.41, 5.74) is 5.47. The lowest BCUT2D eigenvalue weighted by molar-refractivity contribution is 0.462. The molecular formula is C11H24N2O2S. The zero-order chi connectivity index (χ0) is 12.0. The molecule has 0 heterocycles. The van der Waals surface area contributed by atoms with Gasteiger partial charge in [0.15, 0.2) is 0 Å². The summed E-state index contributed by atoms with van der Waals surface area (Å²) in [5.74, 6) is 0. The van der Waals surface area contributed by atoms with E-state index < -0.39 is 10.0 Å². The molecule has 5 heteroatoms. The average Bonchev–Trinajstić information content (AvgIpc) is 2.29. The maximum atomic E-state index is 12.1. The van der Waals surface area contributed by atoms with Crippen molar-refractivity contribution in [3.8, 4) is 0 Å². The highest BCUT2D eigenvalue weighted by atomic mass is 32.2. The number of sulfonamides is 1. The zero-order valence-corrected chi connectivity index (χ0v) is 10.9. The Morgan fingerprint density at radius 1 is 1.31 bits per heavy atom. The molecule has 0 radical (unpaired) electrons. The first-order chi connectivity index (χ1) is 7.60. The van der Waals surface area contributed by atoms with E-state index in [2.05, 4.69) is 4.72 Å². The molecule has 96 valence electrons.